The first kappa shape index (κ1) is 14.1. The van der Waals surface area contributed by atoms with E-state index in [0.717, 1.165) is 0 Å². The standard InChI is InChI=1S/C12H19NOS/c1-6-8-10-11(9-7-2)15(14)13-12(3,4)5/h6-10,13H,1-2H2,3-5H3/b10-8-,11-9+. The Hall–Kier alpha value is -0.930. The third-order valence-corrected chi connectivity index (χ3v) is 2.79. The lowest BCUT2D eigenvalue weighted by Gasteiger charge is -2.19. The molecule has 1 N–H and O–H groups in total. The molecule has 0 amide bonds. The summed E-state index contributed by atoms with van der Waals surface area (Å²) >= 11 is 0. The predicted octanol–water partition coefficient (Wildman–Crippen LogP) is 2.85. The summed E-state index contributed by atoms with van der Waals surface area (Å²) in [5.41, 5.74) is -0.187. The maximum Gasteiger partial charge on any atom is 0.125 e. The molecule has 0 aromatic heterocycles. The normalized spacial score (nSPS) is 15.3. The van der Waals surface area contributed by atoms with Crippen LogP contribution in [0.4, 0.5) is 0 Å². The summed E-state index contributed by atoms with van der Waals surface area (Å²) in [4.78, 5) is 0.680. The molecule has 0 rings (SSSR count). The summed E-state index contributed by atoms with van der Waals surface area (Å²) in [6, 6.07) is 0. The summed E-state index contributed by atoms with van der Waals surface area (Å²) in [7, 11) is -1.22. The highest BCUT2D eigenvalue weighted by molar-refractivity contribution is 7.87. The molecule has 0 aromatic rings. The molecule has 0 heterocycles. The van der Waals surface area contributed by atoms with Gasteiger partial charge in [-0.3, -0.25) is 0 Å². The fourth-order valence-electron chi connectivity index (χ4n) is 0.795. The second-order valence-electron chi connectivity index (χ2n) is 4.02. The summed E-state index contributed by atoms with van der Waals surface area (Å²) in [6.45, 7) is 13.1. The quantitative estimate of drug-likeness (QED) is 0.716. The first-order chi connectivity index (χ1) is 6.90. The van der Waals surface area contributed by atoms with Gasteiger partial charge >= 0.3 is 0 Å². The van der Waals surface area contributed by atoms with E-state index in [9.17, 15) is 4.21 Å². The van der Waals surface area contributed by atoms with Crippen LogP contribution in [-0.2, 0) is 11.0 Å². The predicted molar refractivity (Wildman–Crippen MR) is 68.6 cm³/mol. The van der Waals surface area contributed by atoms with Crippen LogP contribution < -0.4 is 4.72 Å². The molecule has 0 saturated heterocycles. The van der Waals surface area contributed by atoms with Gasteiger partial charge in [-0.1, -0.05) is 31.4 Å². The van der Waals surface area contributed by atoms with Gasteiger partial charge in [0, 0.05) is 5.54 Å². The molecule has 0 saturated carbocycles. The SMILES string of the molecule is C=C/C=C\C(=C/C=C)S(=O)NC(C)(C)C. The smallest absolute Gasteiger partial charge is 0.125 e. The van der Waals surface area contributed by atoms with E-state index in [2.05, 4.69) is 17.9 Å². The lowest BCUT2D eigenvalue weighted by Crippen LogP contribution is -2.37. The number of hydrogen-bond acceptors (Lipinski definition) is 1. The fourth-order valence-corrected chi connectivity index (χ4v) is 1.89. The third-order valence-electron chi connectivity index (χ3n) is 1.29. The van der Waals surface area contributed by atoms with Crippen molar-refractivity contribution in [2.75, 3.05) is 0 Å². The minimum atomic E-state index is -1.22. The summed E-state index contributed by atoms with van der Waals surface area (Å²) < 4.78 is 14.8. The Kier molecular flexibility index (Phi) is 6.13. The molecule has 1 atom stereocenters. The van der Waals surface area contributed by atoms with Crippen LogP contribution in [-0.4, -0.2) is 9.75 Å². The monoisotopic (exact) mass is 225 g/mol. The van der Waals surface area contributed by atoms with Gasteiger partial charge < -0.3 is 0 Å². The fraction of sp³-hybridized carbons (Fsp3) is 0.333. The van der Waals surface area contributed by atoms with Gasteiger partial charge in [0.1, 0.15) is 11.0 Å². The van der Waals surface area contributed by atoms with Crippen molar-refractivity contribution in [1.82, 2.24) is 4.72 Å². The van der Waals surface area contributed by atoms with Gasteiger partial charge in [0.2, 0.25) is 0 Å². The van der Waals surface area contributed by atoms with Crippen molar-refractivity contribution in [1.29, 1.82) is 0 Å². The van der Waals surface area contributed by atoms with Crippen LogP contribution in [0.5, 0.6) is 0 Å². The minimum absolute atomic E-state index is 0.187. The van der Waals surface area contributed by atoms with Gasteiger partial charge in [0.15, 0.2) is 0 Å². The average molecular weight is 225 g/mol. The Balaban J connectivity index is 4.72. The average Bonchev–Trinajstić information content (AvgIpc) is 2.09. The molecule has 84 valence electrons. The molecule has 1 unspecified atom stereocenters. The van der Waals surface area contributed by atoms with Crippen molar-refractivity contribution in [3.05, 3.63) is 48.4 Å². The zero-order chi connectivity index (χ0) is 11.9. The summed E-state index contributed by atoms with van der Waals surface area (Å²) in [6.07, 6.45) is 8.48. The van der Waals surface area contributed by atoms with Crippen LogP contribution in [0.25, 0.3) is 0 Å². The van der Waals surface area contributed by atoms with E-state index < -0.39 is 11.0 Å². The number of rotatable bonds is 5. The minimum Gasteiger partial charge on any atom is -0.237 e. The second-order valence-corrected chi connectivity index (χ2v) is 5.23. The lowest BCUT2D eigenvalue weighted by atomic mass is 10.1. The number of allylic oxidation sites excluding steroid dienone is 5. The Labute approximate surface area is 95.1 Å². The zero-order valence-corrected chi connectivity index (χ0v) is 10.4. The topological polar surface area (TPSA) is 29.1 Å². The van der Waals surface area contributed by atoms with E-state index in [1.54, 1.807) is 30.4 Å². The van der Waals surface area contributed by atoms with Crippen molar-refractivity contribution < 1.29 is 4.21 Å². The van der Waals surface area contributed by atoms with E-state index in [4.69, 9.17) is 0 Å². The van der Waals surface area contributed by atoms with Gasteiger partial charge in [-0.25, -0.2) is 8.93 Å². The summed E-state index contributed by atoms with van der Waals surface area (Å²) in [5.74, 6) is 0. The molecule has 0 aliphatic heterocycles. The van der Waals surface area contributed by atoms with Crippen molar-refractivity contribution in [2.24, 2.45) is 0 Å². The molecule has 0 aromatic carbocycles. The zero-order valence-electron chi connectivity index (χ0n) is 9.62. The van der Waals surface area contributed by atoms with Gasteiger partial charge in [0.05, 0.1) is 4.91 Å². The number of hydrogen-bond donors (Lipinski definition) is 1. The van der Waals surface area contributed by atoms with E-state index in [-0.39, 0.29) is 5.54 Å². The van der Waals surface area contributed by atoms with Gasteiger partial charge in [-0.15, -0.1) is 0 Å². The Morgan fingerprint density at radius 1 is 1.27 bits per heavy atom. The van der Waals surface area contributed by atoms with E-state index in [0.29, 0.717) is 4.91 Å². The molecular formula is C12H19NOS. The van der Waals surface area contributed by atoms with Crippen LogP contribution in [0.15, 0.2) is 48.4 Å². The molecule has 3 heteroatoms. The second kappa shape index (κ2) is 6.53. The third kappa shape index (κ3) is 7.05. The van der Waals surface area contributed by atoms with Crippen LogP contribution in [0.3, 0.4) is 0 Å². The van der Waals surface area contributed by atoms with E-state index in [1.165, 1.54) is 0 Å². The van der Waals surface area contributed by atoms with Crippen molar-refractivity contribution >= 4 is 11.0 Å². The van der Waals surface area contributed by atoms with Gasteiger partial charge in [0.25, 0.3) is 0 Å². The highest BCUT2D eigenvalue weighted by Crippen LogP contribution is 2.08. The maximum atomic E-state index is 11.9. The Morgan fingerprint density at radius 2 is 1.87 bits per heavy atom. The largest absolute Gasteiger partial charge is 0.237 e. The highest BCUT2D eigenvalue weighted by Gasteiger charge is 2.14. The van der Waals surface area contributed by atoms with Gasteiger partial charge in [-0.2, -0.15) is 0 Å². The van der Waals surface area contributed by atoms with Crippen LogP contribution in [0, 0.1) is 0 Å². The Bertz CT molecular complexity index is 308. The molecule has 15 heavy (non-hydrogen) atoms. The van der Waals surface area contributed by atoms with Crippen molar-refractivity contribution in [2.45, 2.75) is 26.3 Å². The first-order valence-electron chi connectivity index (χ1n) is 4.72. The van der Waals surface area contributed by atoms with Crippen molar-refractivity contribution in [3.63, 3.8) is 0 Å². The maximum absolute atomic E-state index is 11.9. The van der Waals surface area contributed by atoms with Crippen LogP contribution in [0.2, 0.25) is 0 Å². The van der Waals surface area contributed by atoms with Gasteiger partial charge in [-0.05, 0) is 32.9 Å². The highest BCUT2D eigenvalue weighted by atomic mass is 32.2. The molecule has 0 aliphatic carbocycles. The molecule has 0 aliphatic rings. The van der Waals surface area contributed by atoms with E-state index >= 15 is 0 Å². The molecule has 0 spiro atoms. The molecule has 2 nitrogen and oxygen atoms in total. The first-order valence-corrected chi connectivity index (χ1v) is 5.87. The molecule has 0 fully saturated rings. The van der Waals surface area contributed by atoms with Crippen LogP contribution in [0.1, 0.15) is 20.8 Å². The molecule has 0 bridgehead atoms. The lowest BCUT2D eigenvalue weighted by molar-refractivity contribution is 0.522. The molecular weight excluding hydrogens is 206 g/mol. The van der Waals surface area contributed by atoms with E-state index in [1.807, 2.05) is 20.8 Å². The van der Waals surface area contributed by atoms with Crippen molar-refractivity contribution in [3.8, 4) is 0 Å². The number of nitrogens with one attached hydrogen (secondary N) is 1. The Morgan fingerprint density at radius 3 is 2.27 bits per heavy atom. The summed E-state index contributed by atoms with van der Waals surface area (Å²) in [5, 5.41) is 0. The van der Waals surface area contributed by atoms with Crippen LogP contribution >= 0.6 is 0 Å². The molecule has 0 radical (unpaired) electrons.